The standard InChI is InChI=1S/C10H19N3O3S/c1-2-3-6-12-8-9-13(11-12)7-4-5-10-17(14,15)16/h8-9H,2-7,10H2,1H3/p+1. The average Bonchev–Trinajstić information content (AvgIpc) is 2.68. The van der Waals surface area contributed by atoms with Crippen molar-refractivity contribution in [1.82, 2.24) is 9.90 Å². The smallest absolute Gasteiger partial charge is 0.264 e. The highest BCUT2D eigenvalue weighted by Gasteiger charge is 2.07. The molecule has 0 fully saturated rings. The Labute approximate surface area is 102 Å². The van der Waals surface area contributed by atoms with Gasteiger partial charge in [-0.15, -0.1) is 9.36 Å². The van der Waals surface area contributed by atoms with Crippen LogP contribution >= 0.6 is 0 Å². The zero-order chi connectivity index (χ0) is 12.7. The summed E-state index contributed by atoms with van der Waals surface area (Å²) in [6.07, 6.45) is 7.17. The summed E-state index contributed by atoms with van der Waals surface area (Å²) in [5.41, 5.74) is 0. The second kappa shape index (κ2) is 6.70. The van der Waals surface area contributed by atoms with Crippen molar-refractivity contribution < 1.29 is 17.7 Å². The van der Waals surface area contributed by atoms with Crippen molar-refractivity contribution in [3.05, 3.63) is 12.4 Å². The number of rotatable bonds is 8. The quantitative estimate of drug-likeness (QED) is 0.424. The van der Waals surface area contributed by atoms with E-state index in [1.807, 2.05) is 17.1 Å². The molecule has 0 unspecified atom stereocenters. The fourth-order valence-corrected chi connectivity index (χ4v) is 2.05. The molecule has 1 aromatic heterocycles. The lowest BCUT2D eigenvalue weighted by molar-refractivity contribution is -0.755. The minimum atomic E-state index is -3.82. The van der Waals surface area contributed by atoms with Gasteiger partial charge in [0.05, 0.1) is 11.0 Å². The molecule has 0 aliphatic rings. The SMILES string of the molecule is CCCCn1cc[n+](CCCCS(=O)(=O)O)n1. The number of nitrogens with zero attached hydrogens (tertiary/aromatic N) is 3. The zero-order valence-electron chi connectivity index (χ0n) is 10.1. The summed E-state index contributed by atoms with van der Waals surface area (Å²) in [7, 11) is -3.82. The molecule has 0 spiro atoms. The van der Waals surface area contributed by atoms with Gasteiger partial charge in [0, 0.05) is 0 Å². The second-order valence-electron chi connectivity index (χ2n) is 4.06. The van der Waals surface area contributed by atoms with Crippen molar-refractivity contribution in [1.29, 1.82) is 0 Å². The Bertz CT molecular complexity index is 428. The van der Waals surface area contributed by atoms with Crippen LogP contribution in [0.25, 0.3) is 0 Å². The van der Waals surface area contributed by atoms with E-state index >= 15 is 0 Å². The van der Waals surface area contributed by atoms with Crippen LogP contribution in [0.15, 0.2) is 12.4 Å². The molecule has 6 nitrogen and oxygen atoms in total. The summed E-state index contributed by atoms with van der Waals surface area (Å²) in [4.78, 5) is 0. The summed E-state index contributed by atoms with van der Waals surface area (Å²) >= 11 is 0. The van der Waals surface area contributed by atoms with Gasteiger partial charge in [0.25, 0.3) is 10.1 Å². The van der Waals surface area contributed by atoms with Gasteiger partial charge in [0.15, 0.2) is 12.4 Å². The predicted octanol–water partition coefficient (Wildman–Crippen LogP) is 0.639. The van der Waals surface area contributed by atoms with Crippen LogP contribution in [-0.4, -0.2) is 28.6 Å². The van der Waals surface area contributed by atoms with Gasteiger partial charge < -0.3 is 0 Å². The zero-order valence-corrected chi connectivity index (χ0v) is 10.9. The highest BCUT2D eigenvalue weighted by atomic mass is 32.2. The minimum absolute atomic E-state index is 0.176. The number of hydrogen-bond acceptors (Lipinski definition) is 3. The largest absolute Gasteiger partial charge is 0.286 e. The first kappa shape index (κ1) is 14.1. The van der Waals surface area contributed by atoms with Crippen LogP contribution in [-0.2, 0) is 23.2 Å². The summed E-state index contributed by atoms with van der Waals surface area (Å²) < 4.78 is 33.2. The third-order valence-electron chi connectivity index (χ3n) is 2.42. The van der Waals surface area contributed by atoms with Gasteiger partial charge in [-0.1, -0.05) is 13.3 Å². The Morgan fingerprint density at radius 2 is 2.12 bits per heavy atom. The van der Waals surface area contributed by atoms with Gasteiger partial charge in [-0.25, -0.2) is 0 Å². The third-order valence-corrected chi connectivity index (χ3v) is 3.23. The molecule has 0 aliphatic carbocycles. The number of aromatic nitrogens is 3. The van der Waals surface area contributed by atoms with E-state index in [2.05, 4.69) is 12.1 Å². The van der Waals surface area contributed by atoms with Gasteiger partial charge in [0.2, 0.25) is 0 Å². The van der Waals surface area contributed by atoms with Crippen molar-refractivity contribution in [2.45, 2.75) is 45.7 Å². The molecule has 0 atom stereocenters. The molecule has 17 heavy (non-hydrogen) atoms. The van der Waals surface area contributed by atoms with Crippen LogP contribution in [0, 0.1) is 0 Å². The first-order chi connectivity index (χ1) is 8.01. The van der Waals surface area contributed by atoms with Gasteiger partial charge in [-0.2, -0.15) is 8.42 Å². The Morgan fingerprint density at radius 3 is 2.76 bits per heavy atom. The van der Waals surface area contributed by atoms with Crippen LogP contribution in [0.3, 0.4) is 0 Å². The highest BCUT2D eigenvalue weighted by Crippen LogP contribution is 1.94. The first-order valence-electron chi connectivity index (χ1n) is 5.89. The van der Waals surface area contributed by atoms with Gasteiger partial charge >= 0.3 is 0 Å². The van der Waals surface area contributed by atoms with Crippen molar-refractivity contribution in [2.24, 2.45) is 0 Å². The average molecular weight is 262 g/mol. The van der Waals surface area contributed by atoms with E-state index in [0.717, 1.165) is 19.4 Å². The van der Waals surface area contributed by atoms with E-state index in [0.29, 0.717) is 19.4 Å². The molecule has 0 amide bonds. The number of unbranched alkanes of at least 4 members (excludes halogenated alkanes) is 2. The van der Waals surface area contributed by atoms with Gasteiger partial charge in [0.1, 0.15) is 13.1 Å². The third kappa shape index (κ3) is 6.38. The minimum Gasteiger partial charge on any atom is -0.286 e. The van der Waals surface area contributed by atoms with Crippen LogP contribution in [0.1, 0.15) is 32.6 Å². The Morgan fingerprint density at radius 1 is 1.35 bits per heavy atom. The Kier molecular flexibility index (Phi) is 5.57. The van der Waals surface area contributed by atoms with Crippen LogP contribution in [0.2, 0.25) is 0 Å². The summed E-state index contributed by atoms with van der Waals surface area (Å²) in [6.45, 7) is 3.72. The first-order valence-corrected chi connectivity index (χ1v) is 7.50. The van der Waals surface area contributed by atoms with E-state index < -0.39 is 10.1 Å². The monoisotopic (exact) mass is 262 g/mol. The highest BCUT2D eigenvalue weighted by molar-refractivity contribution is 7.85. The predicted molar refractivity (Wildman–Crippen MR) is 63.0 cm³/mol. The van der Waals surface area contributed by atoms with Crippen molar-refractivity contribution in [3.63, 3.8) is 0 Å². The fraction of sp³-hybridized carbons (Fsp3) is 0.800. The van der Waals surface area contributed by atoms with Crippen LogP contribution in [0.5, 0.6) is 0 Å². The maximum Gasteiger partial charge on any atom is 0.264 e. The van der Waals surface area contributed by atoms with Crippen LogP contribution in [0.4, 0.5) is 0 Å². The number of hydrogen-bond donors (Lipinski definition) is 1. The van der Waals surface area contributed by atoms with Crippen molar-refractivity contribution in [2.75, 3.05) is 5.75 Å². The topological polar surface area (TPSA) is 76.1 Å². The van der Waals surface area contributed by atoms with E-state index in [9.17, 15) is 8.42 Å². The van der Waals surface area contributed by atoms with Gasteiger partial charge in [-0.05, 0) is 19.3 Å². The molecule has 1 rings (SSSR count). The lowest BCUT2D eigenvalue weighted by Crippen LogP contribution is -2.36. The van der Waals surface area contributed by atoms with E-state index in [1.54, 1.807) is 4.68 Å². The molecule has 98 valence electrons. The molecule has 1 N–H and O–H groups in total. The molecule has 7 heteroatoms. The maximum atomic E-state index is 10.5. The van der Waals surface area contributed by atoms with Crippen molar-refractivity contribution in [3.8, 4) is 0 Å². The second-order valence-corrected chi connectivity index (χ2v) is 5.63. The Hall–Kier alpha value is -0.950. The lowest BCUT2D eigenvalue weighted by atomic mass is 10.3. The summed E-state index contributed by atoms with van der Waals surface area (Å²) in [6, 6.07) is 0. The molecular formula is C10H20N3O3S+. The number of aryl methyl sites for hydroxylation is 2. The molecule has 0 aliphatic heterocycles. The lowest BCUT2D eigenvalue weighted by Gasteiger charge is -1.95. The van der Waals surface area contributed by atoms with Crippen LogP contribution < -0.4 is 4.68 Å². The van der Waals surface area contributed by atoms with E-state index in [1.165, 1.54) is 0 Å². The summed E-state index contributed by atoms with van der Waals surface area (Å²) in [5.74, 6) is -0.176. The molecule has 0 saturated heterocycles. The Balaban J connectivity index is 2.25. The van der Waals surface area contributed by atoms with Gasteiger partial charge in [-0.3, -0.25) is 4.55 Å². The molecule has 1 heterocycles. The van der Waals surface area contributed by atoms with E-state index in [4.69, 9.17) is 4.55 Å². The van der Waals surface area contributed by atoms with E-state index in [-0.39, 0.29) is 5.75 Å². The van der Waals surface area contributed by atoms with Crippen molar-refractivity contribution >= 4 is 10.1 Å². The molecular weight excluding hydrogens is 242 g/mol. The molecule has 1 aromatic rings. The maximum absolute atomic E-state index is 10.5. The molecule has 0 saturated carbocycles. The molecule has 0 radical (unpaired) electrons. The summed E-state index contributed by atoms with van der Waals surface area (Å²) in [5, 5.41) is 4.30. The molecule has 0 aromatic carbocycles. The normalized spacial score (nSPS) is 11.9. The molecule has 0 bridgehead atoms. The fourth-order valence-electron chi connectivity index (χ4n) is 1.48.